The van der Waals surface area contributed by atoms with E-state index in [1.165, 1.54) is 4.90 Å². The molecule has 1 fully saturated rings. The number of nitrogens with zero attached hydrogens (tertiary/aromatic N) is 4. The predicted molar refractivity (Wildman–Crippen MR) is 149 cm³/mol. The molecule has 0 aliphatic carbocycles. The van der Waals surface area contributed by atoms with Crippen molar-refractivity contribution in [3.63, 3.8) is 0 Å². The van der Waals surface area contributed by atoms with Crippen molar-refractivity contribution in [3.8, 4) is 0 Å². The maximum atomic E-state index is 12.9. The van der Waals surface area contributed by atoms with Gasteiger partial charge in [0.05, 0.1) is 0 Å². The number of nitrogen functional groups attached to an aromatic ring is 2. The molecule has 212 valence electrons. The van der Waals surface area contributed by atoms with Gasteiger partial charge < -0.3 is 37.1 Å². The van der Waals surface area contributed by atoms with Crippen molar-refractivity contribution < 1.29 is 19.1 Å². The van der Waals surface area contributed by atoms with Crippen molar-refractivity contribution in [1.82, 2.24) is 25.1 Å². The second-order valence-electron chi connectivity index (χ2n) is 9.72. The number of benzene rings is 1. The molecule has 0 saturated carbocycles. The van der Waals surface area contributed by atoms with Crippen LogP contribution in [-0.2, 0) is 16.0 Å². The average Bonchev–Trinajstić information content (AvgIpc) is 2.90. The van der Waals surface area contributed by atoms with Crippen LogP contribution in [0.4, 0.5) is 16.4 Å². The molecule has 1 aromatic carbocycles. The average molecular weight is 561 g/mol. The highest BCUT2D eigenvalue weighted by molar-refractivity contribution is 6.31. The fourth-order valence-corrected chi connectivity index (χ4v) is 4.61. The number of amides is 3. The van der Waals surface area contributed by atoms with E-state index in [0.717, 1.165) is 11.1 Å². The molecule has 7 N–H and O–H groups in total. The van der Waals surface area contributed by atoms with Crippen LogP contribution in [-0.4, -0.2) is 83.6 Å². The van der Waals surface area contributed by atoms with Gasteiger partial charge in [0, 0.05) is 59.0 Å². The first kappa shape index (κ1) is 29.9. The normalized spacial score (nSPS) is 14.5. The summed E-state index contributed by atoms with van der Waals surface area (Å²) in [7, 11) is 1.66. The van der Waals surface area contributed by atoms with E-state index in [1.54, 1.807) is 11.9 Å². The number of anilines is 2. The molecule has 0 bridgehead atoms. The Morgan fingerprint density at radius 1 is 1.18 bits per heavy atom. The van der Waals surface area contributed by atoms with Crippen molar-refractivity contribution in [2.24, 2.45) is 11.7 Å². The van der Waals surface area contributed by atoms with Crippen LogP contribution in [0.15, 0.2) is 24.3 Å². The molecule has 3 rings (SSSR count). The molecule has 1 atom stereocenters. The summed E-state index contributed by atoms with van der Waals surface area (Å²) >= 11 is 5.92. The van der Waals surface area contributed by atoms with Gasteiger partial charge in [-0.25, -0.2) is 14.8 Å². The molecular formula is C26H37ClN8O4. The Morgan fingerprint density at radius 2 is 1.87 bits per heavy atom. The highest BCUT2D eigenvalue weighted by atomic mass is 35.5. The number of nitrogens with two attached hydrogens (primary N) is 3. The van der Waals surface area contributed by atoms with Crippen LogP contribution in [0.2, 0.25) is 5.15 Å². The Balaban J connectivity index is 1.62. The second-order valence-corrected chi connectivity index (χ2v) is 10.1. The molecule has 1 aromatic heterocycles. The fraction of sp³-hybridized carbons (Fsp3) is 0.500. The maximum Gasteiger partial charge on any atom is 0.409 e. The fourth-order valence-electron chi connectivity index (χ4n) is 4.48. The van der Waals surface area contributed by atoms with Gasteiger partial charge in [-0.3, -0.25) is 9.59 Å². The van der Waals surface area contributed by atoms with E-state index in [2.05, 4.69) is 15.3 Å². The summed E-state index contributed by atoms with van der Waals surface area (Å²) in [6.07, 6.45) is 1.35. The van der Waals surface area contributed by atoms with E-state index in [9.17, 15) is 14.4 Å². The van der Waals surface area contributed by atoms with E-state index in [-0.39, 0.29) is 47.0 Å². The van der Waals surface area contributed by atoms with E-state index in [1.807, 2.05) is 31.2 Å². The second kappa shape index (κ2) is 13.9. The predicted octanol–water partition coefficient (Wildman–Crippen LogP) is 1.60. The standard InChI is InChI=1S/C26H37ClN8O4/c1-16-5-3-4-6-18(16)13-17(14-31-25(37)21-23(29)33-24(30)22(27)32-21)15-34(2)26(38)39-19-8-11-35(12-9-19)20(36)7-10-28/h3-6,17,19H,7-15,28H2,1-2H3,(H,31,37)(H4,29,30,33)/t17-/m0/s1. The number of ether oxygens (including phenoxy) is 1. The first-order valence-corrected chi connectivity index (χ1v) is 13.3. The summed E-state index contributed by atoms with van der Waals surface area (Å²) in [5.74, 6) is -0.855. The number of hydrogen-bond acceptors (Lipinski definition) is 9. The van der Waals surface area contributed by atoms with Crippen LogP contribution >= 0.6 is 11.6 Å². The molecule has 1 saturated heterocycles. The molecule has 2 aromatic rings. The number of aromatic nitrogens is 2. The molecule has 1 aliphatic heterocycles. The number of rotatable bonds is 10. The first-order chi connectivity index (χ1) is 18.6. The maximum absolute atomic E-state index is 12.9. The number of halogens is 1. The Morgan fingerprint density at radius 3 is 2.54 bits per heavy atom. The third-order valence-corrected chi connectivity index (χ3v) is 6.98. The van der Waals surface area contributed by atoms with Crippen LogP contribution < -0.4 is 22.5 Å². The lowest BCUT2D eigenvalue weighted by Crippen LogP contribution is -2.44. The molecule has 13 heteroatoms. The smallest absolute Gasteiger partial charge is 0.409 e. The number of piperidine rings is 1. The van der Waals surface area contributed by atoms with E-state index in [0.29, 0.717) is 51.9 Å². The van der Waals surface area contributed by atoms with Crippen LogP contribution in [0.25, 0.3) is 0 Å². The number of carbonyl (C=O) groups is 3. The lowest BCUT2D eigenvalue weighted by atomic mass is 9.95. The third-order valence-electron chi connectivity index (χ3n) is 6.71. The molecule has 39 heavy (non-hydrogen) atoms. The topological polar surface area (TPSA) is 183 Å². The number of aryl methyl sites for hydroxylation is 1. The van der Waals surface area contributed by atoms with Gasteiger partial charge in [0.1, 0.15) is 6.10 Å². The highest BCUT2D eigenvalue weighted by Crippen LogP contribution is 2.19. The number of nitrogens with one attached hydrogen (secondary N) is 1. The minimum atomic E-state index is -0.544. The molecular weight excluding hydrogens is 524 g/mol. The summed E-state index contributed by atoms with van der Waals surface area (Å²) in [5.41, 5.74) is 19.0. The SMILES string of the molecule is Cc1ccccc1C[C@@H](CNC(=O)c1nc(Cl)c(N)nc1N)CN(C)C(=O)OC1CCN(C(=O)CCN)CC1. The van der Waals surface area contributed by atoms with Crippen molar-refractivity contribution >= 4 is 41.1 Å². The molecule has 0 spiro atoms. The Kier molecular flexibility index (Phi) is 10.7. The summed E-state index contributed by atoms with van der Waals surface area (Å²) in [6, 6.07) is 7.94. The van der Waals surface area contributed by atoms with Gasteiger partial charge in [-0.05, 0) is 30.4 Å². The monoisotopic (exact) mass is 560 g/mol. The summed E-state index contributed by atoms with van der Waals surface area (Å²) in [5, 5.41) is 2.72. The zero-order chi connectivity index (χ0) is 28.5. The van der Waals surface area contributed by atoms with Gasteiger partial charge in [-0.1, -0.05) is 35.9 Å². The summed E-state index contributed by atoms with van der Waals surface area (Å²) in [6.45, 7) is 3.95. The molecule has 0 unspecified atom stereocenters. The molecule has 2 heterocycles. The Hall–Kier alpha value is -3.64. The molecule has 3 amide bonds. The number of likely N-dealkylation sites (tertiary alicyclic amines) is 1. The third kappa shape index (κ3) is 8.42. The Labute approximate surface area is 233 Å². The van der Waals surface area contributed by atoms with Gasteiger partial charge in [0.15, 0.2) is 22.5 Å². The van der Waals surface area contributed by atoms with Crippen molar-refractivity contribution in [2.45, 2.75) is 38.7 Å². The van der Waals surface area contributed by atoms with Crippen LogP contribution in [0.5, 0.6) is 0 Å². The summed E-state index contributed by atoms with van der Waals surface area (Å²) < 4.78 is 5.73. The molecule has 0 radical (unpaired) electrons. The molecule has 1 aliphatic rings. The van der Waals surface area contributed by atoms with Crippen molar-refractivity contribution in [1.29, 1.82) is 0 Å². The van der Waals surface area contributed by atoms with Gasteiger partial charge in [-0.2, -0.15) is 0 Å². The minimum absolute atomic E-state index is 0.0227. The van der Waals surface area contributed by atoms with Gasteiger partial charge >= 0.3 is 6.09 Å². The van der Waals surface area contributed by atoms with E-state index in [4.69, 9.17) is 33.5 Å². The van der Waals surface area contributed by atoms with E-state index < -0.39 is 12.0 Å². The largest absolute Gasteiger partial charge is 0.446 e. The highest BCUT2D eigenvalue weighted by Gasteiger charge is 2.27. The quantitative estimate of drug-likeness (QED) is 0.335. The van der Waals surface area contributed by atoms with Gasteiger partial charge in [0.2, 0.25) is 5.91 Å². The summed E-state index contributed by atoms with van der Waals surface area (Å²) in [4.78, 5) is 48.9. The zero-order valence-electron chi connectivity index (χ0n) is 22.4. The van der Waals surface area contributed by atoms with Gasteiger partial charge in [-0.15, -0.1) is 0 Å². The Bertz CT molecular complexity index is 1170. The number of carbonyl (C=O) groups excluding carboxylic acids is 3. The van der Waals surface area contributed by atoms with Crippen molar-refractivity contribution in [3.05, 3.63) is 46.2 Å². The first-order valence-electron chi connectivity index (χ1n) is 12.9. The van der Waals surface area contributed by atoms with Crippen LogP contribution in [0, 0.1) is 12.8 Å². The zero-order valence-corrected chi connectivity index (χ0v) is 23.1. The van der Waals surface area contributed by atoms with Gasteiger partial charge in [0.25, 0.3) is 5.91 Å². The van der Waals surface area contributed by atoms with Crippen LogP contribution in [0.1, 0.15) is 40.9 Å². The lowest BCUT2D eigenvalue weighted by molar-refractivity contribution is -0.133. The molecule has 12 nitrogen and oxygen atoms in total. The van der Waals surface area contributed by atoms with E-state index >= 15 is 0 Å². The van der Waals surface area contributed by atoms with Crippen LogP contribution in [0.3, 0.4) is 0 Å². The lowest BCUT2D eigenvalue weighted by Gasteiger charge is -2.33. The number of hydrogen-bond donors (Lipinski definition) is 4. The van der Waals surface area contributed by atoms with Crippen molar-refractivity contribution in [2.75, 3.05) is 51.2 Å². The minimum Gasteiger partial charge on any atom is -0.446 e.